The molecule has 0 saturated heterocycles. The van der Waals surface area contributed by atoms with E-state index in [1.807, 2.05) is 0 Å². The lowest BCUT2D eigenvalue weighted by atomic mass is 9.88. The van der Waals surface area contributed by atoms with Gasteiger partial charge in [0.1, 0.15) is 0 Å². The fourth-order valence-corrected chi connectivity index (χ4v) is 2.70. The molecule has 2 atom stereocenters. The van der Waals surface area contributed by atoms with Gasteiger partial charge in [0.25, 0.3) is 0 Å². The van der Waals surface area contributed by atoms with E-state index in [-0.39, 0.29) is 6.42 Å². The molecule has 23 heavy (non-hydrogen) atoms. The molecule has 0 aliphatic heterocycles. The van der Waals surface area contributed by atoms with Gasteiger partial charge in [-0.3, -0.25) is 4.79 Å². The molecule has 0 radical (unpaired) electrons. The van der Waals surface area contributed by atoms with Crippen LogP contribution in [0.1, 0.15) is 22.8 Å². The van der Waals surface area contributed by atoms with Crippen LogP contribution in [0.2, 0.25) is 5.02 Å². The van der Waals surface area contributed by atoms with E-state index < -0.39 is 18.0 Å². The monoisotopic (exact) mass is 329 g/mol. The number of nitrogens with zero attached hydrogens (tertiary/aromatic N) is 1. The highest BCUT2D eigenvalue weighted by Crippen LogP contribution is 2.33. The van der Waals surface area contributed by atoms with Crippen molar-refractivity contribution >= 4 is 23.3 Å². The first kappa shape index (κ1) is 17.0. The minimum atomic E-state index is -1.12. The average Bonchev–Trinajstić information content (AvgIpc) is 2.56. The predicted molar refractivity (Wildman–Crippen MR) is 88.7 cm³/mol. The molecular formula is C18H16ClNO3. The van der Waals surface area contributed by atoms with E-state index >= 15 is 0 Å². The summed E-state index contributed by atoms with van der Waals surface area (Å²) in [6.07, 6.45) is -0.984. The summed E-state index contributed by atoms with van der Waals surface area (Å²) in [5, 5.41) is 20.2. The van der Waals surface area contributed by atoms with Gasteiger partial charge < -0.3 is 10.2 Å². The Bertz CT molecular complexity index is 753. The van der Waals surface area contributed by atoms with Crippen molar-refractivity contribution in [2.75, 3.05) is 0 Å². The van der Waals surface area contributed by atoms with Crippen molar-refractivity contribution in [2.45, 2.75) is 19.4 Å². The highest BCUT2D eigenvalue weighted by molar-refractivity contribution is 6.34. The Balaban J connectivity index is 2.33. The summed E-state index contributed by atoms with van der Waals surface area (Å²) < 4.78 is 0. The summed E-state index contributed by atoms with van der Waals surface area (Å²) in [7, 11) is 0. The van der Waals surface area contributed by atoms with Crippen molar-refractivity contribution < 1.29 is 15.0 Å². The Morgan fingerprint density at radius 3 is 2.48 bits per heavy atom. The number of hydrogen-bond donors (Lipinski definition) is 2. The topological polar surface area (TPSA) is 61.9 Å². The lowest BCUT2D eigenvalue weighted by Crippen LogP contribution is -2.24. The van der Waals surface area contributed by atoms with Crippen LogP contribution < -0.4 is 0 Å². The SMILES string of the molecule is [C-]#[N+]c1ccc(CC(C(=O)O)C(O)c2ccccc2)c(C)c1Cl. The van der Waals surface area contributed by atoms with Gasteiger partial charge in [0.15, 0.2) is 0 Å². The van der Waals surface area contributed by atoms with E-state index in [1.165, 1.54) is 0 Å². The Hall–Kier alpha value is -2.35. The van der Waals surface area contributed by atoms with E-state index in [9.17, 15) is 15.0 Å². The second-order valence-electron chi connectivity index (χ2n) is 5.30. The zero-order chi connectivity index (χ0) is 17.0. The lowest BCUT2D eigenvalue weighted by molar-refractivity contribution is -0.145. The van der Waals surface area contributed by atoms with Gasteiger partial charge in [-0.15, -0.1) is 0 Å². The van der Waals surface area contributed by atoms with Crippen LogP contribution in [0.25, 0.3) is 4.85 Å². The molecule has 2 aromatic rings. The second kappa shape index (κ2) is 7.28. The first-order valence-corrected chi connectivity index (χ1v) is 7.44. The van der Waals surface area contributed by atoms with E-state index in [4.69, 9.17) is 18.2 Å². The molecule has 2 unspecified atom stereocenters. The number of benzene rings is 2. The molecule has 2 N–H and O–H groups in total. The van der Waals surface area contributed by atoms with Crippen molar-refractivity contribution in [1.82, 2.24) is 0 Å². The molecule has 0 aromatic heterocycles. The average molecular weight is 330 g/mol. The summed E-state index contributed by atoms with van der Waals surface area (Å²) >= 11 is 6.13. The van der Waals surface area contributed by atoms with Gasteiger partial charge in [-0.1, -0.05) is 54.1 Å². The van der Waals surface area contributed by atoms with E-state index in [0.29, 0.717) is 27.4 Å². The summed E-state index contributed by atoms with van der Waals surface area (Å²) in [6.45, 7) is 8.80. The largest absolute Gasteiger partial charge is 0.481 e. The van der Waals surface area contributed by atoms with Crippen molar-refractivity contribution in [3.63, 3.8) is 0 Å². The molecule has 0 heterocycles. The number of aliphatic hydroxyl groups is 1. The van der Waals surface area contributed by atoms with Crippen LogP contribution >= 0.6 is 11.6 Å². The van der Waals surface area contributed by atoms with Crippen LogP contribution in [0.15, 0.2) is 42.5 Å². The van der Waals surface area contributed by atoms with Gasteiger partial charge in [-0.25, -0.2) is 4.85 Å². The van der Waals surface area contributed by atoms with E-state index in [1.54, 1.807) is 49.4 Å². The third kappa shape index (κ3) is 3.70. The van der Waals surface area contributed by atoms with Crippen LogP contribution in [-0.2, 0) is 11.2 Å². The van der Waals surface area contributed by atoms with Crippen LogP contribution in [-0.4, -0.2) is 16.2 Å². The number of aliphatic hydroxyl groups excluding tert-OH is 1. The number of aliphatic carboxylic acids is 1. The number of rotatable bonds is 5. The molecule has 0 fully saturated rings. The van der Waals surface area contributed by atoms with Crippen molar-refractivity contribution in [2.24, 2.45) is 5.92 Å². The third-order valence-electron chi connectivity index (χ3n) is 3.88. The maximum Gasteiger partial charge on any atom is 0.309 e. The number of carbonyl (C=O) groups is 1. The highest BCUT2D eigenvalue weighted by atomic mass is 35.5. The highest BCUT2D eigenvalue weighted by Gasteiger charge is 2.28. The molecule has 2 rings (SSSR count). The maximum atomic E-state index is 11.6. The lowest BCUT2D eigenvalue weighted by Gasteiger charge is -2.21. The summed E-state index contributed by atoms with van der Waals surface area (Å²) in [5.41, 5.74) is 2.28. The van der Waals surface area contributed by atoms with Crippen molar-refractivity contribution in [1.29, 1.82) is 0 Å². The van der Waals surface area contributed by atoms with Gasteiger partial charge in [-0.2, -0.15) is 0 Å². The molecule has 118 valence electrons. The molecule has 0 amide bonds. The Morgan fingerprint density at radius 2 is 1.91 bits per heavy atom. The number of carboxylic acid groups (broad SMARTS) is 1. The minimum absolute atomic E-state index is 0.134. The number of halogens is 1. The van der Waals surface area contributed by atoms with Crippen molar-refractivity contribution in [3.8, 4) is 0 Å². The van der Waals surface area contributed by atoms with E-state index in [2.05, 4.69) is 4.85 Å². The van der Waals surface area contributed by atoms with Crippen molar-refractivity contribution in [3.05, 3.63) is 75.6 Å². The van der Waals surface area contributed by atoms with Crippen LogP contribution in [0.5, 0.6) is 0 Å². The maximum absolute atomic E-state index is 11.6. The Kier molecular flexibility index (Phi) is 5.38. The quantitative estimate of drug-likeness (QED) is 0.809. The second-order valence-corrected chi connectivity index (χ2v) is 5.68. The van der Waals surface area contributed by atoms with Gasteiger partial charge in [0.2, 0.25) is 5.69 Å². The molecule has 4 nitrogen and oxygen atoms in total. The van der Waals surface area contributed by atoms with Crippen LogP contribution in [0.3, 0.4) is 0 Å². The zero-order valence-corrected chi connectivity index (χ0v) is 13.3. The summed E-state index contributed by atoms with van der Waals surface area (Å²) in [6, 6.07) is 12.0. The normalized spacial score (nSPS) is 13.1. The summed E-state index contributed by atoms with van der Waals surface area (Å²) in [5.74, 6) is -2.07. The molecule has 0 bridgehead atoms. The van der Waals surface area contributed by atoms with Gasteiger partial charge >= 0.3 is 5.97 Å². The van der Waals surface area contributed by atoms with E-state index in [0.717, 1.165) is 0 Å². The molecule has 0 saturated carbocycles. The molecule has 2 aromatic carbocycles. The van der Waals surface area contributed by atoms with Crippen LogP contribution in [0.4, 0.5) is 5.69 Å². The number of hydrogen-bond acceptors (Lipinski definition) is 2. The molecule has 0 aliphatic rings. The fourth-order valence-electron chi connectivity index (χ4n) is 2.47. The number of carboxylic acids is 1. The minimum Gasteiger partial charge on any atom is -0.481 e. The smallest absolute Gasteiger partial charge is 0.309 e. The Labute approximate surface area is 139 Å². The van der Waals surface area contributed by atoms with Crippen LogP contribution in [0, 0.1) is 19.4 Å². The first-order valence-electron chi connectivity index (χ1n) is 7.07. The molecule has 0 spiro atoms. The van der Waals surface area contributed by atoms with Gasteiger partial charge in [0.05, 0.1) is 23.6 Å². The predicted octanol–water partition coefficient (Wildman–Crippen LogP) is 4.18. The molecule has 0 aliphatic carbocycles. The standard InChI is InChI=1S/C18H16ClNO3/c1-11-13(8-9-15(20-2)16(11)19)10-14(18(22)23)17(21)12-6-4-3-5-7-12/h3-9,14,17,21H,10H2,1H3,(H,22,23). The van der Waals surface area contributed by atoms with Gasteiger partial charge in [0, 0.05) is 0 Å². The zero-order valence-electron chi connectivity index (χ0n) is 12.5. The molecule has 5 heteroatoms. The van der Waals surface area contributed by atoms with Gasteiger partial charge in [-0.05, 0) is 30.0 Å². The Morgan fingerprint density at radius 1 is 1.26 bits per heavy atom. The fraction of sp³-hybridized carbons (Fsp3) is 0.222. The first-order chi connectivity index (χ1) is 11.0. The summed E-state index contributed by atoms with van der Waals surface area (Å²) in [4.78, 5) is 14.9. The molecular weight excluding hydrogens is 314 g/mol. The third-order valence-corrected chi connectivity index (χ3v) is 4.35.